The summed E-state index contributed by atoms with van der Waals surface area (Å²) in [4.78, 5) is 12.9. The number of hydrogen-bond acceptors (Lipinski definition) is 5. The molecule has 9 heteroatoms. The van der Waals surface area contributed by atoms with Gasteiger partial charge in [0.25, 0.3) is 0 Å². The molecule has 8 nitrogen and oxygen atoms in total. The Kier molecular flexibility index (Phi) is 7.65. The molecule has 0 unspecified atom stereocenters. The van der Waals surface area contributed by atoms with E-state index in [4.69, 9.17) is 10.9 Å². The van der Waals surface area contributed by atoms with E-state index in [0.717, 1.165) is 16.8 Å². The Morgan fingerprint density at radius 3 is 2.17 bits per heavy atom. The molecule has 4 aromatic rings. The second-order valence-electron chi connectivity index (χ2n) is 8.13. The molecule has 0 spiro atoms. The summed E-state index contributed by atoms with van der Waals surface area (Å²) in [6, 6.07) is 30.4. The van der Waals surface area contributed by atoms with Crippen molar-refractivity contribution in [2.75, 3.05) is 10.3 Å². The van der Waals surface area contributed by atoms with Crippen molar-refractivity contribution in [3.05, 3.63) is 114 Å². The molecule has 0 aliphatic carbocycles. The molecule has 2 amide bonds. The predicted octanol–water partition coefficient (Wildman–Crippen LogP) is 4.20. The fourth-order valence-corrected chi connectivity index (χ4v) is 4.54. The molecule has 4 aromatic carbocycles. The van der Waals surface area contributed by atoms with Crippen molar-refractivity contribution < 1.29 is 13.2 Å². The lowest BCUT2D eigenvalue weighted by Crippen LogP contribution is -2.44. The van der Waals surface area contributed by atoms with Crippen LogP contribution in [0.25, 0.3) is 11.1 Å². The molecule has 0 fully saturated rings. The molecule has 0 aliphatic rings. The zero-order valence-electron chi connectivity index (χ0n) is 19.5. The normalized spacial score (nSPS) is 11.1. The van der Waals surface area contributed by atoms with Crippen LogP contribution in [0.5, 0.6) is 0 Å². The molecule has 4 rings (SSSR count). The minimum Gasteiger partial charge on any atom is -0.326 e. The van der Waals surface area contributed by atoms with Crippen molar-refractivity contribution in [3.63, 3.8) is 0 Å². The number of rotatable bonds is 8. The van der Waals surface area contributed by atoms with Crippen LogP contribution in [0, 0.1) is 0 Å². The highest BCUT2D eigenvalue weighted by atomic mass is 32.2. The summed E-state index contributed by atoms with van der Waals surface area (Å²) < 4.78 is 23.9. The number of primary sulfonamides is 1. The number of benzene rings is 4. The lowest BCUT2D eigenvalue weighted by atomic mass is 10.1. The van der Waals surface area contributed by atoms with Gasteiger partial charge in [0.2, 0.25) is 10.0 Å². The third kappa shape index (κ3) is 6.28. The number of nitrogens with two attached hydrogens (primary N) is 2. The van der Waals surface area contributed by atoms with Crippen LogP contribution in [0.2, 0.25) is 0 Å². The summed E-state index contributed by atoms with van der Waals surface area (Å²) in [6.07, 6.45) is 0. The minimum atomic E-state index is -3.87. The molecule has 36 heavy (non-hydrogen) atoms. The van der Waals surface area contributed by atoms with Crippen LogP contribution >= 0.6 is 0 Å². The van der Waals surface area contributed by atoms with Crippen molar-refractivity contribution in [1.29, 1.82) is 0 Å². The fourth-order valence-electron chi connectivity index (χ4n) is 3.78. The van der Waals surface area contributed by atoms with Crippen molar-refractivity contribution in [2.45, 2.75) is 18.0 Å². The summed E-state index contributed by atoms with van der Waals surface area (Å²) in [6.45, 7) is 0.839. The number of anilines is 2. The van der Waals surface area contributed by atoms with Crippen LogP contribution in [0.15, 0.2) is 108 Å². The van der Waals surface area contributed by atoms with E-state index in [9.17, 15) is 13.2 Å². The summed E-state index contributed by atoms with van der Waals surface area (Å²) in [5.74, 6) is 0. The van der Waals surface area contributed by atoms with Crippen molar-refractivity contribution >= 4 is 27.4 Å². The van der Waals surface area contributed by atoms with Gasteiger partial charge in [-0.1, -0.05) is 72.8 Å². The standard InChI is InChI=1S/C27H27N5O3S/c28-18-21-9-6-10-24(17-21)32(19-20-7-2-1-3-8-20)31-27(33)30-23-15-13-22(14-16-23)25-11-4-5-12-26(25)36(29,34)35/h1-17H,18-19,28H2,(H2,29,34,35)(H2,30,31,33). The van der Waals surface area contributed by atoms with Gasteiger partial charge in [0.1, 0.15) is 0 Å². The molecule has 0 atom stereocenters. The fraction of sp³-hybridized carbons (Fsp3) is 0.0741. The van der Waals surface area contributed by atoms with Gasteiger partial charge in [-0.25, -0.2) is 23.8 Å². The average molecular weight is 502 g/mol. The van der Waals surface area contributed by atoms with Crippen molar-refractivity contribution in [3.8, 4) is 11.1 Å². The number of nitrogens with one attached hydrogen (secondary N) is 2. The van der Waals surface area contributed by atoms with Gasteiger partial charge in [0, 0.05) is 17.8 Å². The number of hydrazine groups is 1. The summed E-state index contributed by atoms with van der Waals surface area (Å²) in [5, 5.41) is 9.93. The van der Waals surface area contributed by atoms with Gasteiger partial charge in [-0.2, -0.15) is 0 Å². The molecule has 6 N–H and O–H groups in total. The number of urea groups is 1. The van der Waals surface area contributed by atoms with Crippen LogP contribution in [-0.2, 0) is 23.1 Å². The number of sulfonamides is 1. The van der Waals surface area contributed by atoms with Crippen molar-refractivity contribution in [2.24, 2.45) is 10.9 Å². The average Bonchev–Trinajstić information content (AvgIpc) is 2.89. The summed E-state index contributed by atoms with van der Waals surface area (Å²) in [5.41, 5.74) is 13.2. The highest BCUT2D eigenvalue weighted by Gasteiger charge is 2.15. The summed E-state index contributed by atoms with van der Waals surface area (Å²) >= 11 is 0. The maximum absolute atomic E-state index is 12.9. The van der Waals surface area contributed by atoms with Crippen LogP contribution in [0.3, 0.4) is 0 Å². The highest BCUT2D eigenvalue weighted by Crippen LogP contribution is 2.27. The zero-order valence-corrected chi connectivity index (χ0v) is 20.3. The van der Waals surface area contributed by atoms with E-state index in [1.807, 2.05) is 54.6 Å². The van der Waals surface area contributed by atoms with Gasteiger partial charge in [-0.05, 0) is 47.0 Å². The first-order chi connectivity index (χ1) is 17.3. The number of hydrogen-bond donors (Lipinski definition) is 4. The summed E-state index contributed by atoms with van der Waals surface area (Å²) in [7, 11) is -3.87. The van der Waals surface area contributed by atoms with E-state index in [-0.39, 0.29) is 4.90 Å². The molecule has 0 saturated carbocycles. The van der Waals surface area contributed by atoms with Crippen LogP contribution in [-0.4, -0.2) is 14.4 Å². The Labute approximate surface area is 210 Å². The number of amides is 2. The van der Waals surface area contributed by atoms with E-state index in [1.165, 1.54) is 6.07 Å². The smallest absolute Gasteiger partial charge is 0.326 e. The number of nitrogens with zero attached hydrogens (tertiary/aromatic N) is 1. The molecule has 0 saturated heterocycles. The first kappa shape index (κ1) is 24.9. The maximum atomic E-state index is 12.9. The first-order valence-corrected chi connectivity index (χ1v) is 12.8. The third-order valence-electron chi connectivity index (χ3n) is 5.53. The quantitative estimate of drug-likeness (QED) is 0.269. The molecule has 0 radical (unpaired) electrons. The van der Waals surface area contributed by atoms with E-state index in [1.54, 1.807) is 47.5 Å². The lowest BCUT2D eigenvalue weighted by molar-refractivity contribution is 0.251. The van der Waals surface area contributed by atoms with Crippen LogP contribution < -0.4 is 26.6 Å². The van der Waals surface area contributed by atoms with E-state index < -0.39 is 16.1 Å². The monoisotopic (exact) mass is 501 g/mol. The van der Waals surface area contributed by atoms with Gasteiger partial charge in [-0.3, -0.25) is 5.01 Å². The topological polar surface area (TPSA) is 131 Å². The third-order valence-corrected chi connectivity index (χ3v) is 6.49. The predicted molar refractivity (Wildman–Crippen MR) is 142 cm³/mol. The molecule has 184 valence electrons. The number of carbonyl (C=O) groups excluding carboxylic acids is 1. The first-order valence-electron chi connectivity index (χ1n) is 11.2. The van der Waals surface area contributed by atoms with E-state index in [0.29, 0.717) is 29.9 Å². The Morgan fingerprint density at radius 1 is 0.806 bits per heavy atom. The minimum absolute atomic E-state index is 0.0414. The second-order valence-corrected chi connectivity index (χ2v) is 9.66. The SMILES string of the molecule is NCc1cccc(N(Cc2ccccc2)NC(=O)Nc2ccc(-c3ccccc3S(N)(=O)=O)cc2)c1. The van der Waals surface area contributed by atoms with E-state index >= 15 is 0 Å². The zero-order chi connectivity index (χ0) is 25.5. The molecule has 0 aromatic heterocycles. The Bertz CT molecular complexity index is 1440. The molecular weight excluding hydrogens is 474 g/mol. The van der Waals surface area contributed by atoms with Crippen molar-refractivity contribution in [1.82, 2.24) is 5.43 Å². The largest absolute Gasteiger partial charge is 0.338 e. The molecule has 0 heterocycles. The highest BCUT2D eigenvalue weighted by molar-refractivity contribution is 7.89. The van der Waals surface area contributed by atoms with Crippen LogP contribution in [0.1, 0.15) is 11.1 Å². The van der Waals surface area contributed by atoms with Gasteiger partial charge >= 0.3 is 6.03 Å². The maximum Gasteiger partial charge on any atom is 0.338 e. The van der Waals surface area contributed by atoms with Gasteiger partial charge in [-0.15, -0.1) is 0 Å². The Hall–Kier alpha value is -4.18. The Morgan fingerprint density at radius 2 is 1.47 bits per heavy atom. The van der Waals surface area contributed by atoms with Gasteiger partial charge in [0.05, 0.1) is 17.1 Å². The molecular formula is C27H27N5O3S. The molecule has 0 bridgehead atoms. The van der Waals surface area contributed by atoms with E-state index in [2.05, 4.69) is 10.7 Å². The second kappa shape index (κ2) is 11.0. The van der Waals surface area contributed by atoms with Gasteiger partial charge < -0.3 is 11.1 Å². The van der Waals surface area contributed by atoms with Gasteiger partial charge in [0.15, 0.2) is 0 Å². The lowest BCUT2D eigenvalue weighted by Gasteiger charge is -2.26. The number of carbonyl (C=O) groups is 1. The Balaban J connectivity index is 1.51. The van der Waals surface area contributed by atoms with Crippen LogP contribution in [0.4, 0.5) is 16.2 Å². The molecule has 0 aliphatic heterocycles.